The topological polar surface area (TPSA) is 241 Å². The number of aromatic nitrogens is 4. The van der Waals surface area contributed by atoms with Crippen LogP contribution in [0.25, 0.3) is 33.3 Å². The van der Waals surface area contributed by atoms with Crippen LogP contribution in [0.15, 0.2) is 116 Å². The molecule has 2 aliphatic heterocycles. The Morgan fingerprint density at radius 2 is 1.09 bits per heavy atom. The van der Waals surface area contributed by atoms with Gasteiger partial charge in [0.05, 0.1) is 101 Å². The van der Waals surface area contributed by atoms with E-state index in [2.05, 4.69) is 37.1 Å². The summed E-state index contributed by atoms with van der Waals surface area (Å²) in [6.07, 6.45) is 6.00. The summed E-state index contributed by atoms with van der Waals surface area (Å²) < 4.78 is 52.3. The highest BCUT2D eigenvalue weighted by molar-refractivity contribution is 7.84. The van der Waals surface area contributed by atoms with Crippen LogP contribution >= 0.6 is 0 Å². The van der Waals surface area contributed by atoms with Gasteiger partial charge in [-0.15, -0.1) is 0 Å². The summed E-state index contributed by atoms with van der Waals surface area (Å²) in [6.45, 7) is 20.6. The van der Waals surface area contributed by atoms with Crippen molar-refractivity contribution in [1.82, 2.24) is 38.9 Å². The van der Waals surface area contributed by atoms with E-state index in [0.717, 1.165) is 38.9 Å². The van der Waals surface area contributed by atoms with Crippen molar-refractivity contribution in [3.8, 4) is 45.9 Å². The summed E-state index contributed by atoms with van der Waals surface area (Å²) in [5.41, 5.74) is 5.13. The molecule has 2 atom stereocenters. The third-order valence-corrected chi connectivity index (χ3v) is 16.4. The largest absolute Gasteiger partial charge is 0.489 e. The number of aliphatic hydroxyl groups is 2. The predicted octanol–water partition coefficient (Wildman–Crippen LogP) is 7.80. The van der Waals surface area contributed by atoms with Gasteiger partial charge in [0, 0.05) is 37.3 Å². The van der Waals surface area contributed by atoms with E-state index in [4.69, 9.17) is 14.2 Å². The van der Waals surface area contributed by atoms with Crippen molar-refractivity contribution in [3.63, 3.8) is 0 Å². The number of carbonyl (C=O) groups excluding carboxylic acids is 1. The summed E-state index contributed by atoms with van der Waals surface area (Å²) in [5, 5.41) is 51.5. The van der Waals surface area contributed by atoms with Crippen molar-refractivity contribution in [2.24, 2.45) is 0 Å². The molecule has 7 aromatic rings. The van der Waals surface area contributed by atoms with Gasteiger partial charge in [-0.2, -0.15) is 20.7 Å². The molecule has 3 aromatic carbocycles. The SMILES string of the molecule is CC(C)(O)COc1cc(-c2ccc(C3(NS(=O)C(C)(C)C)CN(C(=O)OCc4ccccc4)C3)cc2)c2c(C#N)cnn2c1.CC(C)(O)COc1cc(-c2ccc(C3(NS(=O)C(C)(C)C)CNC3)cc2)c2c(C#N)cnn2c1. The van der Waals surface area contributed by atoms with Crippen LogP contribution < -0.4 is 24.2 Å². The quantitative estimate of drug-likeness (QED) is 0.0622. The van der Waals surface area contributed by atoms with Crippen LogP contribution in [0.1, 0.15) is 97.1 Å². The highest BCUT2D eigenvalue weighted by Gasteiger charge is 2.49. The zero-order chi connectivity index (χ0) is 56.4. The highest BCUT2D eigenvalue weighted by Crippen LogP contribution is 2.38. The van der Waals surface area contributed by atoms with Crippen molar-refractivity contribution >= 4 is 39.1 Å². The molecule has 78 heavy (non-hydrogen) atoms. The van der Waals surface area contributed by atoms with Gasteiger partial charge in [-0.05, 0) is 109 Å². The minimum atomic E-state index is -1.40. The van der Waals surface area contributed by atoms with Crippen LogP contribution in [-0.2, 0) is 44.4 Å². The molecule has 20 heteroatoms. The van der Waals surface area contributed by atoms with Crippen molar-refractivity contribution < 1.29 is 37.6 Å². The number of nitriles is 2. The lowest BCUT2D eigenvalue weighted by atomic mass is 9.83. The van der Waals surface area contributed by atoms with Gasteiger partial charge in [-0.1, -0.05) is 78.9 Å². The van der Waals surface area contributed by atoms with Gasteiger partial charge in [0.25, 0.3) is 0 Å². The van der Waals surface area contributed by atoms with Gasteiger partial charge in [0.15, 0.2) is 0 Å². The molecule has 0 saturated carbocycles. The number of benzene rings is 3. The molecular weight excluding hydrogens is 1030 g/mol. The van der Waals surface area contributed by atoms with Crippen LogP contribution in [0.5, 0.6) is 11.5 Å². The van der Waals surface area contributed by atoms with E-state index in [1.807, 2.05) is 133 Å². The number of likely N-dealkylation sites (tertiary alicyclic amines) is 1. The second kappa shape index (κ2) is 22.4. The molecule has 5 N–H and O–H groups in total. The number of fused-ring (bicyclic) bond motifs is 2. The fourth-order valence-corrected chi connectivity index (χ4v) is 10.5. The average Bonchev–Trinajstić information content (AvgIpc) is 4.06. The zero-order valence-corrected chi connectivity index (χ0v) is 47.3. The summed E-state index contributed by atoms with van der Waals surface area (Å²) in [7, 11) is -2.60. The number of hydrogen-bond acceptors (Lipinski definition) is 13. The van der Waals surface area contributed by atoms with E-state index < -0.39 is 55.1 Å². The minimum Gasteiger partial charge on any atom is -0.489 e. The van der Waals surface area contributed by atoms with Crippen LogP contribution in [-0.4, -0.2) is 109 Å². The predicted molar refractivity (Wildman–Crippen MR) is 301 cm³/mol. The van der Waals surface area contributed by atoms with E-state index in [-0.39, 0.29) is 37.7 Å². The smallest absolute Gasteiger partial charge is 0.410 e. The van der Waals surface area contributed by atoms with Gasteiger partial charge in [0.2, 0.25) is 0 Å². The number of pyridine rings is 2. The van der Waals surface area contributed by atoms with Crippen molar-refractivity contribution in [2.45, 2.75) is 108 Å². The molecular formula is C58H68N10O8S2. The average molecular weight is 1100 g/mol. The first-order valence-corrected chi connectivity index (χ1v) is 27.8. The maximum absolute atomic E-state index is 13.3. The number of carbonyl (C=O) groups is 1. The lowest BCUT2D eigenvalue weighted by Crippen LogP contribution is -2.69. The molecule has 2 unspecified atom stereocenters. The molecule has 0 aliphatic carbocycles. The number of hydrogen-bond donors (Lipinski definition) is 5. The van der Waals surface area contributed by atoms with Crippen LogP contribution in [0.4, 0.5) is 4.79 Å². The Bertz CT molecular complexity index is 3420. The van der Waals surface area contributed by atoms with Gasteiger partial charge >= 0.3 is 6.09 Å². The van der Waals surface area contributed by atoms with E-state index in [1.165, 1.54) is 12.4 Å². The van der Waals surface area contributed by atoms with Crippen molar-refractivity contribution in [2.75, 3.05) is 39.4 Å². The number of amides is 1. The standard InChI is InChI=1S/C33H37N5O5S.C25H31N5O3S/c1-31(2,3)44(41)36-33(20-37(21-33)30(39)42-19-23-9-7-6-8-10-23)26-13-11-24(12-14-26)28-15-27(43-22-32(4,5)40)18-38-29(28)25(16-34)17-35-38;1-23(2,3)34(32)29-25(14-27-15-25)19-8-6-17(7-9-19)21-10-20(33-16-24(4,5)31)13-30-22(21)18(11-26)12-28-30/h6-15,17-18,36,40H,19-22H2,1-5H3;6-10,12-13,27,29,31H,14-16H2,1-5H3. The Hall–Kier alpha value is -7.01. The third-order valence-electron chi connectivity index (χ3n) is 13.0. The van der Waals surface area contributed by atoms with E-state index in [9.17, 15) is 33.9 Å². The first-order chi connectivity index (χ1) is 36.7. The fraction of sp³-hybridized carbons (Fsp3) is 0.397. The Labute approximate surface area is 460 Å². The summed E-state index contributed by atoms with van der Waals surface area (Å²) in [4.78, 5) is 14.5. The molecule has 2 saturated heterocycles. The lowest BCUT2D eigenvalue weighted by molar-refractivity contribution is 0.0280. The minimum absolute atomic E-state index is 0.0760. The van der Waals surface area contributed by atoms with Gasteiger partial charge < -0.3 is 34.6 Å². The Morgan fingerprint density at radius 1 is 0.667 bits per heavy atom. The molecule has 2 aliphatic rings. The molecule has 6 heterocycles. The van der Waals surface area contributed by atoms with Crippen LogP contribution in [0.2, 0.25) is 0 Å². The molecule has 9 rings (SSSR count). The maximum Gasteiger partial charge on any atom is 0.410 e. The number of rotatable bonds is 16. The molecule has 4 aromatic heterocycles. The Morgan fingerprint density at radius 3 is 1.47 bits per heavy atom. The molecule has 1 amide bonds. The maximum atomic E-state index is 13.3. The monoisotopic (exact) mass is 1100 g/mol. The first-order valence-electron chi connectivity index (χ1n) is 25.5. The second-order valence-electron chi connectivity index (χ2n) is 23.1. The summed E-state index contributed by atoms with van der Waals surface area (Å²) in [5.74, 6) is 1.04. The van der Waals surface area contributed by atoms with Crippen molar-refractivity contribution in [3.05, 3.63) is 144 Å². The second-order valence-corrected chi connectivity index (χ2v) is 27.0. The van der Waals surface area contributed by atoms with Gasteiger partial charge in [-0.3, -0.25) is 0 Å². The molecule has 2 fully saturated rings. The molecule has 18 nitrogen and oxygen atoms in total. The lowest BCUT2D eigenvalue weighted by Gasteiger charge is -2.50. The summed E-state index contributed by atoms with van der Waals surface area (Å²) >= 11 is 0. The third kappa shape index (κ3) is 13.1. The van der Waals surface area contributed by atoms with Gasteiger partial charge in [0.1, 0.15) is 43.5 Å². The first kappa shape index (κ1) is 57.2. The Kier molecular flexibility index (Phi) is 16.4. The normalized spacial score (nSPS) is 15.9. The molecule has 410 valence electrons. The fourth-order valence-electron chi connectivity index (χ4n) is 8.64. The van der Waals surface area contributed by atoms with Crippen molar-refractivity contribution in [1.29, 1.82) is 10.5 Å². The van der Waals surface area contributed by atoms with Crippen LogP contribution in [0.3, 0.4) is 0 Å². The molecule has 0 radical (unpaired) electrons. The number of ether oxygens (including phenoxy) is 3. The van der Waals surface area contributed by atoms with Gasteiger partial charge in [-0.25, -0.2) is 31.7 Å². The molecule has 0 bridgehead atoms. The number of nitrogens with one attached hydrogen (secondary N) is 3. The summed E-state index contributed by atoms with van der Waals surface area (Å²) in [6, 6.07) is 33.4. The van der Waals surface area contributed by atoms with Crippen LogP contribution in [0, 0.1) is 22.7 Å². The highest BCUT2D eigenvalue weighted by atomic mass is 32.2. The number of nitrogens with zero attached hydrogens (tertiary/aromatic N) is 7. The Balaban J connectivity index is 0.000000213. The van der Waals surface area contributed by atoms with E-state index in [1.54, 1.807) is 54.0 Å². The molecule has 0 spiro atoms. The zero-order valence-electron chi connectivity index (χ0n) is 45.7. The van der Waals surface area contributed by atoms with E-state index >= 15 is 0 Å². The van der Waals surface area contributed by atoms with E-state index in [0.29, 0.717) is 46.7 Å².